The van der Waals surface area contributed by atoms with Gasteiger partial charge in [0.2, 0.25) is 10.0 Å². The number of carbonyl (C=O) groups excluding carboxylic acids is 1. The van der Waals surface area contributed by atoms with Crippen molar-refractivity contribution in [1.29, 1.82) is 0 Å². The van der Waals surface area contributed by atoms with Crippen LogP contribution in [0.25, 0.3) is 0 Å². The summed E-state index contributed by atoms with van der Waals surface area (Å²) in [6.07, 6.45) is 5.82. The third kappa shape index (κ3) is 5.24. The van der Waals surface area contributed by atoms with E-state index in [0.29, 0.717) is 48.8 Å². The molecule has 152 valence electrons. The number of sulfonamides is 1. The SMILES string of the molecule is Cn1cc(CNC(=O)c2ccc(OC3CCN(S(C)(=O)=O)CC3)c(Cl)c2)cn1. The van der Waals surface area contributed by atoms with Crippen molar-refractivity contribution in [2.75, 3.05) is 19.3 Å². The van der Waals surface area contributed by atoms with E-state index in [9.17, 15) is 13.2 Å². The fourth-order valence-corrected chi connectivity index (χ4v) is 4.15. The third-order valence-corrected chi connectivity index (χ3v) is 6.17. The Morgan fingerprint density at radius 3 is 2.64 bits per heavy atom. The second kappa shape index (κ2) is 8.50. The molecular formula is C18H23ClN4O4S. The monoisotopic (exact) mass is 426 g/mol. The highest BCUT2D eigenvalue weighted by Gasteiger charge is 2.26. The molecule has 1 fully saturated rings. The third-order valence-electron chi connectivity index (χ3n) is 4.57. The van der Waals surface area contributed by atoms with Crippen LogP contribution in [0, 0.1) is 0 Å². The van der Waals surface area contributed by atoms with Gasteiger partial charge in [-0.15, -0.1) is 0 Å². The maximum absolute atomic E-state index is 12.3. The fourth-order valence-electron chi connectivity index (χ4n) is 3.05. The molecule has 8 nitrogen and oxygen atoms in total. The number of ether oxygens (including phenoxy) is 1. The minimum absolute atomic E-state index is 0.110. The molecule has 1 N–H and O–H groups in total. The smallest absolute Gasteiger partial charge is 0.251 e. The predicted octanol–water partition coefficient (Wildman–Crippen LogP) is 1.81. The van der Waals surface area contributed by atoms with Gasteiger partial charge in [0.05, 0.1) is 17.5 Å². The van der Waals surface area contributed by atoms with Crippen molar-refractivity contribution in [2.45, 2.75) is 25.5 Å². The van der Waals surface area contributed by atoms with E-state index in [4.69, 9.17) is 16.3 Å². The molecule has 1 aromatic heterocycles. The summed E-state index contributed by atoms with van der Waals surface area (Å²) in [4.78, 5) is 12.3. The van der Waals surface area contributed by atoms with Crippen molar-refractivity contribution in [1.82, 2.24) is 19.4 Å². The Hall–Kier alpha value is -2.10. The van der Waals surface area contributed by atoms with Crippen LogP contribution in [0.1, 0.15) is 28.8 Å². The molecule has 10 heteroatoms. The average Bonchev–Trinajstić information content (AvgIpc) is 3.06. The highest BCUT2D eigenvalue weighted by Crippen LogP contribution is 2.28. The number of carbonyl (C=O) groups is 1. The van der Waals surface area contributed by atoms with Crippen LogP contribution in [0.3, 0.4) is 0 Å². The number of amides is 1. The molecule has 1 aliphatic heterocycles. The molecule has 28 heavy (non-hydrogen) atoms. The van der Waals surface area contributed by atoms with Gasteiger partial charge >= 0.3 is 0 Å². The lowest BCUT2D eigenvalue weighted by Gasteiger charge is -2.30. The van der Waals surface area contributed by atoms with Crippen LogP contribution in [0.4, 0.5) is 0 Å². The van der Waals surface area contributed by atoms with Crippen molar-refractivity contribution in [3.05, 3.63) is 46.7 Å². The van der Waals surface area contributed by atoms with E-state index in [1.807, 2.05) is 13.2 Å². The van der Waals surface area contributed by atoms with E-state index in [0.717, 1.165) is 5.56 Å². The number of benzene rings is 1. The molecule has 2 heterocycles. The molecule has 1 aliphatic rings. The molecule has 0 saturated carbocycles. The number of aromatic nitrogens is 2. The summed E-state index contributed by atoms with van der Waals surface area (Å²) in [5.41, 5.74) is 1.34. The van der Waals surface area contributed by atoms with Gasteiger partial charge in [-0.1, -0.05) is 11.6 Å². The summed E-state index contributed by atoms with van der Waals surface area (Å²) in [6, 6.07) is 4.90. The maximum atomic E-state index is 12.3. The Morgan fingerprint density at radius 1 is 1.36 bits per heavy atom. The van der Waals surface area contributed by atoms with Crippen LogP contribution in [-0.4, -0.2) is 53.9 Å². The highest BCUT2D eigenvalue weighted by atomic mass is 35.5. The Balaban J connectivity index is 1.56. The number of hydrogen-bond donors (Lipinski definition) is 1. The van der Waals surface area contributed by atoms with Crippen LogP contribution < -0.4 is 10.1 Å². The molecule has 3 rings (SSSR count). The van der Waals surface area contributed by atoms with Crippen LogP contribution in [-0.2, 0) is 23.6 Å². The zero-order chi connectivity index (χ0) is 20.3. The second-order valence-electron chi connectivity index (χ2n) is 6.83. The van der Waals surface area contributed by atoms with Gasteiger partial charge in [-0.2, -0.15) is 5.10 Å². The first-order valence-electron chi connectivity index (χ1n) is 8.89. The Bertz CT molecular complexity index is 952. The Kier molecular flexibility index (Phi) is 6.26. The summed E-state index contributed by atoms with van der Waals surface area (Å²) in [5, 5.41) is 7.23. The van der Waals surface area contributed by atoms with Gasteiger partial charge in [-0.3, -0.25) is 9.48 Å². The first-order valence-corrected chi connectivity index (χ1v) is 11.1. The van der Waals surface area contributed by atoms with Crippen molar-refractivity contribution >= 4 is 27.5 Å². The lowest BCUT2D eigenvalue weighted by atomic mass is 10.1. The standard InChI is InChI=1S/C18H23ClN4O4S/c1-22-12-13(11-21-22)10-20-18(24)14-3-4-17(16(19)9-14)27-15-5-7-23(8-6-15)28(2,25)26/h3-4,9,11-12,15H,5-8,10H2,1-2H3,(H,20,24). The van der Waals surface area contributed by atoms with Crippen LogP contribution in [0.15, 0.2) is 30.6 Å². The minimum atomic E-state index is -3.17. The molecule has 0 atom stereocenters. The van der Waals surface area contributed by atoms with E-state index < -0.39 is 10.0 Å². The first-order chi connectivity index (χ1) is 13.2. The molecule has 0 spiro atoms. The highest BCUT2D eigenvalue weighted by molar-refractivity contribution is 7.88. The summed E-state index contributed by atoms with van der Waals surface area (Å²) in [6.45, 7) is 1.23. The van der Waals surface area contributed by atoms with Gasteiger partial charge in [-0.05, 0) is 31.0 Å². The molecular weight excluding hydrogens is 404 g/mol. The molecule has 0 aliphatic carbocycles. The van der Waals surface area contributed by atoms with E-state index in [1.54, 1.807) is 29.1 Å². The van der Waals surface area contributed by atoms with E-state index in [1.165, 1.54) is 10.6 Å². The van der Waals surface area contributed by atoms with Gasteiger partial charge in [0.15, 0.2) is 0 Å². The van der Waals surface area contributed by atoms with Crippen LogP contribution >= 0.6 is 11.6 Å². The van der Waals surface area contributed by atoms with Gasteiger partial charge in [0, 0.05) is 44.0 Å². The molecule has 2 aromatic rings. The number of piperidine rings is 1. The quantitative estimate of drug-likeness (QED) is 0.760. The summed E-state index contributed by atoms with van der Waals surface area (Å²) in [7, 11) is -1.35. The van der Waals surface area contributed by atoms with Crippen LogP contribution in [0.5, 0.6) is 5.75 Å². The number of nitrogens with one attached hydrogen (secondary N) is 1. The van der Waals surface area contributed by atoms with Crippen molar-refractivity contribution in [3.63, 3.8) is 0 Å². The van der Waals surface area contributed by atoms with Gasteiger partial charge in [0.1, 0.15) is 11.9 Å². The van der Waals surface area contributed by atoms with Crippen molar-refractivity contribution < 1.29 is 17.9 Å². The lowest BCUT2D eigenvalue weighted by Crippen LogP contribution is -2.41. The molecule has 0 unspecified atom stereocenters. The number of nitrogens with zero attached hydrogens (tertiary/aromatic N) is 3. The van der Waals surface area contributed by atoms with Crippen molar-refractivity contribution in [2.24, 2.45) is 7.05 Å². The Morgan fingerprint density at radius 2 is 2.07 bits per heavy atom. The average molecular weight is 427 g/mol. The predicted molar refractivity (Wildman–Crippen MR) is 106 cm³/mol. The molecule has 1 amide bonds. The molecule has 1 saturated heterocycles. The number of aryl methyl sites for hydroxylation is 1. The second-order valence-corrected chi connectivity index (χ2v) is 9.22. The summed E-state index contributed by atoms with van der Waals surface area (Å²) < 4.78 is 32.2. The summed E-state index contributed by atoms with van der Waals surface area (Å²) >= 11 is 6.29. The van der Waals surface area contributed by atoms with Gasteiger partial charge in [0.25, 0.3) is 5.91 Å². The van der Waals surface area contributed by atoms with Crippen LogP contribution in [0.2, 0.25) is 5.02 Å². The number of halogens is 1. The van der Waals surface area contributed by atoms with Crippen molar-refractivity contribution in [3.8, 4) is 5.75 Å². The lowest BCUT2D eigenvalue weighted by molar-refractivity contribution is 0.0950. The molecule has 0 radical (unpaired) electrons. The number of hydrogen-bond acceptors (Lipinski definition) is 5. The van der Waals surface area contributed by atoms with E-state index in [2.05, 4.69) is 10.4 Å². The fraction of sp³-hybridized carbons (Fsp3) is 0.444. The summed E-state index contributed by atoms with van der Waals surface area (Å²) in [5.74, 6) is 0.252. The van der Waals surface area contributed by atoms with E-state index in [-0.39, 0.29) is 12.0 Å². The zero-order valence-corrected chi connectivity index (χ0v) is 17.3. The maximum Gasteiger partial charge on any atom is 0.251 e. The topological polar surface area (TPSA) is 93.5 Å². The van der Waals surface area contributed by atoms with Gasteiger partial charge < -0.3 is 10.1 Å². The van der Waals surface area contributed by atoms with Gasteiger partial charge in [-0.25, -0.2) is 12.7 Å². The van der Waals surface area contributed by atoms with E-state index >= 15 is 0 Å². The normalized spacial score (nSPS) is 16.1. The largest absolute Gasteiger partial charge is 0.489 e. The Labute approximate surface area is 169 Å². The molecule has 1 aromatic carbocycles. The zero-order valence-electron chi connectivity index (χ0n) is 15.8. The number of rotatable bonds is 6. The minimum Gasteiger partial charge on any atom is -0.489 e. The first kappa shape index (κ1) is 20.6. The molecule has 0 bridgehead atoms.